The lowest BCUT2D eigenvalue weighted by molar-refractivity contribution is -0.131. The van der Waals surface area contributed by atoms with Crippen LogP contribution in [0.2, 0.25) is 0 Å². The molecule has 1 aliphatic rings. The quantitative estimate of drug-likeness (QED) is 0.619. The lowest BCUT2D eigenvalue weighted by atomic mass is 10.4. The summed E-state index contributed by atoms with van der Waals surface area (Å²) in [5, 5.41) is 8.45. The maximum absolute atomic E-state index is 10.3. The minimum atomic E-state index is -0.900. The maximum atomic E-state index is 10.3. The summed E-state index contributed by atoms with van der Waals surface area (Å²) in [4.78, 5) is 12.3. The summed E-state index contributed by atoms with van der Waals surface area (Å²) in [6.45, 7) is 1.41. The van der Waals surface area contributed by atoms with Crippen molar-refractivity contribution in [2.24, 2.45) is 0 Å². The molecule has 4 heteroatoms. The van der Waals surface area contributed by atoms with Crippen molar-refractivity contribution >= 4 is 5.97 Å². The Hall–Kier alpha value is -1.03. The molecule has 74 valence electrons. The van der Waals surface area contributed by atoms with E-state index >= 15 is 0 Å². The zero-order valence-electron chi connectivity index (χ0n) is 7.77. The molecule has 0 amide bonds. The van der Waals surface area contributed by atoms with E-state index in [0.717, 1.165) is 19.4 Å². The highest BCUT2D eigenvalue weighted by atomic mass is 16.5. The highest BCUT2D eigenvalue weighted by Crippen LogP contribution is 2.26. The number of carbonyl (C=O) groups is 1. The zero-order chi connectivity index (χ0) is 9.68. The molecular weight excluding hydrogens is 170 g/mol. The summed E-state index contributed by atoms with van der Waals surface area (Å²) in [6.07, 6.45) is 5.13. The highest BCUT2D eigenvalue weighted by molar-refractivity contribution is 5.79. The molecule has 0 atom stereocenters. The van der Waals surface area contributed by atoms with Crippen molar-refractivity contribution in [2.75, 3.05) is 20.3 Å². The van der Waals surface area contributed by atoms with Crippen LogP contribution in [0, 0.1) is 0 Å². The number of nitrogens with zero attached hydrogens (tertiary/aromatic N) is 1. The van der Waals surface area contributed by atoms with Crippen LogP contribution in [-0.4, -0.2) is 42.3 Å². The van der Waals surface area contributed by atoms with E-state index < -0.39 is 5.97 Å². The molecule has 0 saturated heterocycles. The molecule has 4 nitrogen and oxygen atoms in total. The third kappa shape index (κ3) is 3.94. The van der Waals surface area contributed by atoms with E-state index in [1.54, 1.807) is 13.3 Å². The van der Waals surface area contributed by atoms with Gasteiger partial charge in [0.1, 0.15) is 0 Å². The van der Waals surface area contributed by atoms with Crippen molar-refractivity contribution in [2.45, 2.75) is 18.9 Å². The van der Waals surface area contributed by atoms with Crippen molar-refractivity contribution in [3.63, 3.8) is 0 Å². The predicted molar refractivity (Wildman–Crippen MR) is 48.4 cm³/mol. The molecule has 13 heavy (non-hydrogen) atoms. The first-order valence-corrected chi connectivity index (χ1v) is 4.40. The Labute approximate surface area is 77.8 Å². The molecule has 1 aliphatic carbocycles. The first-order chi connectivity index (χ1) is 6.24. The molecule has 1 fully saturated rings. The van der Waals surface area contributed by atoms with E-state index in [9.17, 15) is 4.79 Å². The summed E-state index contributed by atoms with van der Waals surface area (Å²) in [6, 6.07) is 0.533. The maximum Gasteiger partial charge on any atom is 0.329 e. The topological polar surface area (TPSA) is 49.8 Å². The second-order valence-electron chi connectivity index (χ2n) is 3.12. The second-order valence-corrected chi connectivity index (χ2v) is 3.12. The van der Waals surface area contributed by atoms with Gasteiger partial charge >= 0.3 is 5.97 Å². The summed E-state index contributed by atoms with van der Waals surface area (Å²) in [7, 11) is 1.64. The largest absolute Gasteiger partial charge is 0.478 e. The van der Waals surface area contributed by atoms with Crippen molar-refractivity contribution in [1.82, 2.24) is 4.90 Å². The average Bonchev–Trinajstić information content (AvgIpc) is 2.87. The summed E-state index contributed by atoms with van der Waals surface area (Å²) in [5.74, 6) is -0.900. The first-order valence-electron chi connectivity index (χ1n) is 4.40. The predicted octanol–water partition coefficient (Wildman–Crippen LogP) is 0.696. The van der Waals surface area contributed by atoms with Crippen molar-refractivity contribution in [1.29, 1.82) is 0 Å². The van der Waals surface area contributed by atoms with Gasteiger partial charge in [-0.2, -0.15) is 0 Å². The van der Waals surface area contributed by atoms with Gasteiger partial charge in [0, 0.05) is 32.0 Å². The van der Waals surface area contributed by atoms with Crippen LogP contribution in [0.1, 0.15) is 12.8 Å². The smallest absolute Gasteiger partial charge is 0.329 e. The van der Waals surface area contributed by atoms with Crippen molar-refractivity contribution < 1.29 is 14.6 Å². The van der Waals surface area contributed by atoms with E-state index in [-0.39, 0.29) is 0 Å². The molecule has 0 aromatic carbocycles. The second kappa shape index (κ2) is 4.87. The van der Waals surface area contributed by atoms with Gasteiger partial charge in [-0.05, 0) is 12.8 Å². The Balaban J connectivity index is 2.33. The molecule has 0 radical (unpaired) electrons. The number of hydrogen-bond acceptors (Lipinski definition) is 3. The summed E-state index contributed by atoms with van der Waals surface area (Å²) >= 11 is 0. The van der Waals surface area contributed by atoms with Crippen LogP contribution < -0.4 is 0 Å². The van der Waals surface area contributed by atoms with Crippen LogP contribution in [0.3, 0.4) is 0 Å². The molecule has 1 saturated carbocycles. The number of ether oxygens (including phenoxy) is 1. The number of methoxy groups -OCH3 is 1. The van der Waals surface area contributed by atoms with Gasteiger partial charge in [-0.15, -0.1) is 0 Å². The van der Waals surface area contributed by atoms with E-state index in [1.807, 2.05) is 4.90 Å². The molecule has 0 spiro atoms. The minimum Gasteiger partial charge on any atom is -0.478 e. The molecule has 1 N–H and O–H groups in total. The first kappa shape index (κ1) is 10.1. The SMILES string of the molecule is COCCN(C=CC(=O)O)C1CC1. The van der Waals surface area contributed by atoms with Gasteiger partial charge in [-0.25, -0.2) is 4.79 Å². The molecular formula is C9H15NO3. The number of carboxylic acid groups (broad SMARTS) is 1. The Bertz CT molecular complexity index is 199. The van der Waals surface area contributed by atoms with E-state index in [4.69, 9.17) is 9.84 Å². The molecule has 0 heterocycles. The summed E-state index contributed by atoms with van der Waals surface area (Å²) in [5.41, 5.74) is 0. The fourth-order valence-electron chi connectivity index (χ4n) is 1.14. The van der Waals surface area contributed by atoms with E-state index in [1.165, 1.54) is 6.08 Å². The molecule has 0 bridgehead atoms. The van der Waals surface area contributed by atoms with Crippen LogP contribution in [-0.2, 0) is 9.53 Å². The van der Waals surface area contributed by atoms with Gasteiger partial charge < -0.3 is 14.7 Å². The Kier molecular flexibility index (Phi) is 3.76. The normalized spacial score (nSPS) is 16.4. The van der Waals surface area contributed by atoms with Gasteiger partial charge in [0.25, 0.3) is 0 Å². The fraction of sp³-hybridized carbons (Fsp3) is 0.667. The minimum absolute atomic E-state index is 0.533. The number of aliphatic carboxylic acids is 1. The van der Waals surface area contributed by atoms with Crippen molar-refractivity contribution in [3.8, 4) is 0 Å². The third-order valence-electron chi connectivity index (χ3n) is 1.98. The monoisotopic (exact) mass is 185 g/mol. The molecule has 0 unspecified atom stereocenters. The standard InChI is InChI=1S/C9H15NO3/c1-13-7-6-10(8-2-3-8)5-4-9(11)12/h4-5,8H,2-3,6-7H2,1H3,(H,11,12). The van der Waals surface area contributed by atoms with Gasteiger partial charge in [0.2, 0.25) is 0 Å². The third-order valence-corrected chi connectivity index (χ3v) is 1.98. The lowest BCUT2D eigenvalue weighted by Gasteiger charge is -2.18. The number of hydrogen-bond donors (Lipinski definition) is 1. The van der Waals surface area contributed by atoms with E-state index in [2.05, 4.69) is 0 Å². The van der Waals surface area contributed by atoms with Crippen LogP contribution in [0.15, 0.2) is 12.3 Å². The molecule has 1 rings (SSSR count). The van der Waals surface area contributed by atoms with Gasteiger partial charge in [0.15, 0.2) is 0 Å². The zero-order valence-corrected chi connectivity index (χ0v) is 7.77. The van der Waals surface area contributed by atoms with Crippen LogP contribution in [0.5, 0.6) is 0 Å². The Morgan fingerprint density at radius 2 is 2.38 bits per heavy atom. The van der Waals surface area contributed by atoms with Crippen LogP contribution in [0.25, 0.3) is 0 Å². The molecule has 0 aromatic heterocycles. The number of carboxylic acids is 1. The lowest BCUT2D eigenvalue weighted by Crippen LogP contribution is -2.24. The van der Waals surface area contributed by atoms with Gasteiger partial charge in [-0.3, -0.25) is 0 Å². The van der Waals surface area contributed by atoms with E-state index in [0.29, 0.717) is 12.6 Å². The van der Waals surface area contributed by atoms with Crippen molar-refractivity contribution in [3.05, 3.63) is 12.3 Å². The van der Waals surface area contributed by atoms with Crippen LogP contribution >= 0.6 is 0 Å². The Morgan fingerprint density at radius 3 is 2.85 bits per heavy atom. The fourth-order valence-corrected chi connectivity index (χ4v) is 1.14. The molecule has 0 aromatic rings. The number of rotatable bonds is 6. The average molecular weight is 185 g/mol. The van der Waals surface area contributed by atoms with Gasteiger partial charge in [0.05, 0.1) is 6.61 Å². The molecule has 0 aliphatic heterocycles. The van der Waals surface area contributed by atoms with Crippen LogP contribution in [0.4, 0.5) is 0 Å². The summed E-state index contributed by atoms with van der Waals surface area (Å²) < 4.78 is 4.93. The highest BCUT2D eigenvalue weighted by Gasteiger charge is 2.26. The van der Waals surface area contributed by atoms with Gasteiger partial charge in [-0.1, -0.05) is 0 Å². The Morgan fingerprint density at radius 1 is 1.69 bits per heavy atom.